The maximum absolute atomic E-state index is 13.0. The molecule has 0 aromatic heterocycles. The molecule has 5 rings (SSSR count). The number of rotatable bonds is 2. The smallest absolute Gasteiger partial charge is 0.257 e. The molecule has 29 heavy (non-hydrogen) atoms. The largest absolute Gasteiger partial charge is 0.354 e. The van der Waals surface area contributed by atoms with Crippen molar-refractivity contribution >= 4 is 23.2 Å². The van der Waals surface area contributed by atoms with Crippen LogP contribution in [0.5, 0.6) is 0 Å². The van der Waals surface area contributed by atoms with Crippen molar-refractivity contribution in [3.8, 4) is 0 Å². The first-order chi connectivity index (χ1) is 14.1. The second kappa shape index (κ2) is 7.21. The summed E-state index contributed by atoms with van der Waals surface area (Å²) in [6.07, 6.45) is 7.84. The van der Waals surface area contributed by atoms with Crippen LogP contribution < -0.4 is 10.2 Å². The van der Waals surface area contributed by atoms with Crippen molar-refractivity contribution in [3.63, 3.8) is 0 Å². The zero-order valence-corrected chi connectivity index (χ0v) is 16.9. The Kier molecular flexibility index (Phi) is 4.53. The van der Waals surface area contributed by atoms with Gasteiger partial charge in [0, 0.05) is 24.8 Å². The number of carbonyl (C=O) groups excluding carboxylic acids is 2. The van der Waals surface area contributed by atoms with Gasteiger partial charge < -0.3 is 15.1 Å². The molecule has 1 saturated heterocycles. The highest BCUT2D eigenvalue weighted by atomic mass is 16.2. The van der Waals surface area contributed by atoms with Gasteiger partial charge in [-0.2, -0.15) is 0 Å². The molecular formula is C24H27N3O2. The van der Waals surface area contributed by atoms with E-state index in [1.54, 1.807) is 6.07 Å². The topological polar surface area (TPSA) is 52.7 Å². The minimum atomic E-state index is -0.130. The lowest BCUT2D eigenvalue weighted by Gasteiger charge is -2.43. The van der Waals surface area contributed by atoms with Crippen LogP contribution in [0.1, 0.15) is 63.9 Å². The molecule has 0 bridgehead atoms. The molecule has 5 heteroatoms. The Labute approximate surface area is 171 Å². The van der Waals surface area contributed by atoms with E-state index < -0.39 is 0 Å². The highest BCUT2D eigenvalue weighted by molar-refractivity contribution is 6.08. The van der Waals surface area contributed by atoms with E-state index in [4.69, 9.17) is 0 Å². The highest BCUT2D eigenvalue weighted by Gasteiger charge is 2.36. The van der Waals surface area contributed by atoms with Crippen LogP contribution in [0.25, 0.3) is 0 Å². The number of benzene rings is 2. The first-order valence-electron chi connectivity index (χ1n) is 10.7. The lowest BCUT2D eigenvalue weighted by molar-refractivity contribution is 0.0661. The van der Waals surface area contributed by atoms with Crippen LogP contribution >= 0.6 is 0 Å². The van der Waals surface area contributed by atoms with Crippen molar-refractivity contribution in [2.45, 2.75) is 51.1 Å². The quantitative estimate of drug-likeness (QED) is 0.837. The van der Waals surface area contributed by atoms with Crippen LogP contribution in [0, 0.1) is 0 Å². The normalized spacial score (nSPS) is 20.6. The molecule has 1 aliphatic carbocycles. The average molecular weight is 389 g/mol. The number of aryl methyl sites for hydroxylation is 2. The molecule has 0 saturated carbocycles. The van der Waals surface area contributed by atoms with Gasteiger partial charge >= 0.3 is 0 Å². The molecule has 2 heterocycles. The number of anilines is 2. The zero-order valence-electron chi connectivity index (χ0n) is 16.9. The Morgan fingerprint density at radius 2 is 1.86 bits per heavy atom. The third-order valence-corrected chi connectivity index (χ3v) is 6.66. The number of fused-ring (bicyclic) bond motifs is 3. The summed E-state index contributed by atoms with van der Waals surface area (Å²) in [5.74, 6) is -0.0366. The van der Waals surface area contributed by atoms with Crippen LogP contribution in [0.4, 0.5) is 11.4 Å². The molecule has 2 amide bonds. The average Bonchev–Trinajstić information content (AvgIpc) is 3.05. The van der Waals surface area contributed by atoms with E-state index in [1.807, 2.05) is 30.1 Å². The molecule has 1 atom stereocenters. The van der Waals surface area contributed by atoms with Gasteiger partial charge in [0.05, 0.1) is 11.3 Å². The lowest BCUT2D eigenvalue weighted by atomic mass is 10.0. The third-order valence-electron chi connectivity index (χ3n) is 6.66. The summed E-state index contributed by atoms with van der Waals surface area (Å²) in [5, 5.41) is 3.03. The first-order valence-corrected chi connectivity index (χ1v) is 10.7. The van der Waals surface area contributed by atoms with E-state index in [1.165, 1.54) is 24.0 Å². The Balaban J connectivity index is 1.41. The number of nitrogens with one attached hydrogen (secondary N) is 1. The summed E-state index contributed by atoms with van der Waals surface area (Å²) in [5.41, 5.74) is 5.72. The predicted molar refractivity (Wildman–Crippen MR) is 115 cm³/mol. The van der Waals surface area contributed by atoms with Crippen molar-refractivity contribution in [1.82, 2.24) is 4.90 Å². The van der Waals surface area contributed by atoms with Gasteiger partial charge in [-0.1, -0.05) is 12.5 Å². The van der Waals surface area contributed by atoms with Gasteiger partial charge in [-0.3, -0.25) is 9.59 Å². The monoisotopic (exact) mass is 389 g/mol. The molecule has 0 radical (unpaired) electrons. The van der Waals surface area contributed by atoms with Crippen LogP contribution in [-0.4, -0.2) is 36.5 Å². The third kappa shape index (κ3) is 3.18. The van der Waals surface area contributed by atoms with Gasteiger partial charge in [0.15, 0.2) is 0 Å². The first kappa shape index (κ1) is 18.2. The second-order valence-electron chi connectivity index (χ2n) is 8.46. The minimum absolute atomic E-state index is 0.0903. The fourth-order valence-electron chi connectivity index (χ4n) is 5.04. The number of amides is 2. The van der Waals surface area contributed by atoms with Gasteiger partial charge in [0.1, 0.15) is 6.17 Å². The SMILES string of the molecule is CN1c2cc(C(=O)Nc3ccc4c(c3)CCC4)ccc2C(=O)N2CCCCC[C@H]21. The predicted octanol–water partition coefficient (Wildman–Crippen LogP) is 4.22. The van der Waals surface area contributed by atoms with Crippen molar-refractivity contribution in [2.75, 3.05) is 23.8 Å². The molecular weight excluding hydrogens is 362 g/mol. The van der Waals surface area contributed by atoms with E-state index in [9.17, 15) is 9.59 Å². The van der Waals surface area contributed by atoms with Crippen LogP contribution in [0.15, 0.2) is 36.4 Å². The van der Waals surface area contributed by atoms with E-state index in [-0.39, 0.29) is 18.0 Å². The van der Waals surface area contributed by atoms with Crippen LogP contribution in [0.2, 0.25) is 0 Å². The number of hydrogen-bond donors (Lipinski definition) is 1. The lowest BCUT2D eigenvalue weighted by Crippen LogP contribution is -2.53. The Morgan fingerprint density at radius 1 is 1.00 bits per heavy atom. The molecule has 2 aliphatic heterocycles. The Hall–Kier alpha value is -2.82. The van der Waals surface area contributed by atoms with Crippen LogP contribution in [-0.2, 0) is 12.8 Å². The summed E-state index contributed by atoms with van der Waals surface area (Å²) in [6.45, 7) is 0.813. The molecule has 0 unspecified atom stereocenters. The van der Waals surface area contributed by atoms with Crippen LogP contribution in [0.3, 0.4) is 0 Å². The fourth-order valence-corrected chi connectivity index (χ4v) is 5.04. The number of carbonyl (C=O) groups is 2. The summed E-state index contributed by atoms with van der Waals surface area (Å²) in [7, 11) is 2.04. The molecule has 3 aliphatic rings. The van der Waals surface area contributed by atoms with Gasteiger partial charge in [-0.05, 0) is 80.0 Å². The van der Waals surface area contributed by atoms with E-state index in [0.29, 0.717) is 11.1 Å². The molecule has 150 valence electrons. The second-order valence-corrected chi connectivity index (χ2v) is 8.46. The Morgan fingerprint density at radius 3 is 2.76 bits per heavy atom. The highest BCUT2D eigenvalue weighted by Crippen LogP contribution is 2.34. The molecule has 1 N–H and O–H groups in total. The summed E-state index contributed by atoms with van der Waals surface area (Å²) in [4.78, 5) is 30.1. The summed E-state index contributed by atoms with van der Waals surface area (Å²) in [6, 6.07) is 11.7. The summed E-state index contributed by atoms with van der Waals surface area (Å²) >= 11 is 0. The number of hydrogen-bond acceptors (Lipinski definition) is 3. The molecule has 5 nitrogen and oxygen atoms in total. The molecule has 0 spiro atoms. The molecule has 2 aromatic rings. The van der Waals surface area contributed by atoms with Gasteiger partial charge in [0.25, 0.3) is 11.8 Å². The molecule has 1 fully saturated rings. The van der Waals surface area contributed by atoms with Gasteiger partial charge in [-0.15, -0.1) is 0 Å². The van der Waals surface area contributed by atoms with Crippen molar-refractivity contribution in [2.24, 2.45) is 0 Å². The molecule has 2 aromatic carbocycles. The van der Waals surface area contributed by atoms with Crippen molar-refractivity contribution in [1.29, 1.82) is 0 Å². The number of nitrogens with zero attached hydrogens (tertiary/aromatic N) is 2. The maximum Gasteiger partial charge on any atom is 0.257 e. The Bertz CT molecular complexity index is 984. The fraction of sp³-hybridized carbons (Fsp3) is 0.417. The van der Waals surface area contributed by atoms with E-state index in [2.05, 4.69) is 22.3 Å². The summed E-state index contributed by atoms with van der Waals surface area (Å²) < 4.78 is 0. The van der Waals surface area contributed by atoms with Crippen molar-refractivity contribution in [3.05, 3.63) is 58.7 Å². The van der Waals surface area contributed by atoms with E-state index >= 15 is 0 Å². The van der Waals surface area contributed by atoms with Gasteiger partial charge in [0.2, 0.25) is 0 Å². The maximum atomic E-state index is 13.0. The van der Waals surface area contributed by atoms with E-state index in [0.717, 1.165) is 50.0 Å². The van der Waals surface area contributed by atoms with Gasteiger partial charge in [-0.25, -0.2) is 0 Å². The minimum Gasteiger partial charge on any atom is -0.354 e. The standard InChI is InChI=1S/C24H27N3O2/c1-26-21-15-18(23(28)25-19-11-9-16-6-5-7-17(16)14-19)10-12-20(21)24(29)27-13-4-2-3-8-22(26)27/h9-12,14-15,22H,2-8,13H2,1H3,(H,25,28)/t22-/m0/s1. The van der Waals surface area contributed by atoms with Crippen molar-refractivity contribution < 1.29 is 9.59 Å². The zero-order chi connectivity index (χ0) is 20.0.